The van der Waals surface area contributed by atoms with E-state index in [1.54, 1.807) is 0 Å². The monoisotopic (exact) mass is 684 g/mol. The number of benzene rings is 8. The minimum Gasteiger partial charge on any atom is -0.356 e. The molecule has 52 heavy (non-hydrogen) atoms. The molecule has 0 aliphatic heterocycles. The Kier molecular flexibility index (Phi) is 7.06. The molecule has 3 heteroatoms. The molecule has 0 spiro atoms. The first-order chi connectivity index (χ1) is 25.5. The van der Waals surface area contributed by atoms with Gasteiger partial charge in [0.1, 0.15) is 0 Å². The van der Waals surface area contributed by atoms with Gasteiger partial charge in [-0.25, -0.2) is 0 Å². The smallest absolute Gasteiger partial charge is 0.0540 e. The summed E-state index contributed by atoms with van der Waals surface area (Å²) in [4.78, 5) is 2.43. The molecule has 0 radical (unpaired) electrons. The quantitative estimate of drug-likeness (QED) is 0.188. The molecule has 1 aromatic heterocycles. The fraction of sp³-hybridized carbons (Fsp3) is 0.0612. The van der Waals surface area contributed by atoms with Crippen molar-refractivity contribution in [3.05, 3.63) is 187 Å². The van der Waals surface area contributed by atoms with E-state index in [-0.39, 0.29) is 5.41 Å². The molecule has 1 N–H and O–H groups in total. The van der Waals surface area contributed by atoms with Gasteiger partial charge in [0.2, 0.25) is 0 Å². The fourth-order valence-electron chi connectivity index (χ4n) is 8.17. The van der Waals surface area contributed by atoms with Crippen molar-refractivity contribution in [3.8, 4) is 22.3 Å². The van der Waals surface area contributed by atoms with Crippen molar-refractivity contribution in [1.82, 2.24) is 0 Å². The predicted octanol–water partition coefficient (Wildman–Crippen LogP) is 14.4. The zero-order chi connectivity index (χ0) is 34.8. The zero-order valence-corrected chi connectivity index (χ0v) is 29.9. The lowest BCUT2D eigenvalue weighted by atomic mass is 9.82. The third-order valence-corrected chi connectivity index (χ3v) is 12.0. The molecule has 0 atom stereocenters. The Labute approximate surface area is 308 Å². The molecule has 9 aromatic rings. The Morgan fingerprint density at radius 3 is 1.96 bits per heavy atom. The molecule has 0 saturated carbocycles. The van der Waals surface area contributed by atoms with Gasteiger partial charge < -0.3 is 10.2 Å². The summed E-state index contributed by atoms with van der Waals surface area (Å²) in [6.07, 6.45) is 0. The van der Waals surface area contributed by atoms with E-state index in [4.69, 9.17) is 0 Å². The Morgan fingerprint density at radius 1 is 0.462 bits per heavy atom. The summed E-state index contributed by atoms with van der Waals surface area (Å²) in [5, 5.41) is 8.71. The predicted molar refractivity (Wildman–Crippen MR) is 224 cm³/mol. The van der Waals surface area contributed by atoms with E-state index in [2.05, 4.69) is 194 Å². The number of nitrogens with one attached hydrogen (secondary N) is 1. The van der Waals surface area contributed by atoms with Gasteiger partial charge in [0.15, 0.2) is 0 Å². The van der Waals surface area contributed by atoms with Crippen molar-refractivity contribution < 1.29 is 0 Å². The molecule has 1 aliphatic carbocycles. The minimum atomic E-state index is -0.173. The highest BCUT2D eigenvalue weighted by Gasteiger charge is 2.36. The van der Waals surface area contributed by atoms with Crippen LogP contribution in [-0.4, -0.2) is 0 Å². The standard InChI is InChI=1S/C49H36N2S/c1-49(2)44-30-36(50-35-13-4-3-5-14-35)22-26-40(44)41-27-25-38(31-45(41)49)51(46-17-10-12-33-11-6-7-15-39(33)46)37-23-19-32(20-24-37)34-21-28-48-43(29-34)42-16-8-9-18-47(42)52-48/h3-31,50H,1-2H3. The van der Waals surface area contributed by atoms with E-state index in [1.165, 1.54) is 70.0 Å². The van der Waals surface area contributed by atoms with Crippen LogP contribution >= 0.6 is 11.3 Å². The summed E-state index contributed by atoms with van der Waals surface area (Å²) in [7, 11) is 0. The van der Waals surface area contributed by atoms with Crippen LogP contribution in [-0.2, 0) is 5.41 Å². The molecule has 0 bridgehead atoms. The highest BCUT2D eigenvalue weighted by molar-refractivity contribution is 7.25. The normalized spacial score (nSPS) is 13.0. The summed E-state index contributed by atoms with van der Waals surface area (Å²) >= 11 is 1.86. The zero-order valence-electron chi connectivity index (χ0n) is 29.1. The van der Waals surface area contributed by atoms with Gasteiger partial charge in [-0.2, -0.15) is 0 Å². The fourth-order valence-corrected chi connectivity index (χ4v) is 9.26. The summed E-state index contributed by atoms with van der Waals surface area (Å²) in [5.74, 6) is 0. The van der Waals surface area contributed by atoms with Gasteiger partial charge in [0, 0.05) is 53.7 Å². The van der Waals surface area contributed by atoms with Gasteiger partial charge in [0.25, 0.3) is 0 Å². The average Bonchev–Trinajstić information content (AvgIpc) is 3.67. The third kappa shape index (κ3) is 5.00. The first-order valence-corrected chi connectivity index (χ1v) is 18.7. The van der Waals surface area contributed by atoms with Crippen LogP contribution in [0.2, 0.25) is 0 Å². The highest BCUT2D eigenvalue weighted by atomic mass is 32.1. The van der Waals surface area contributed by atoms with Crippen LogP contribution in [0.15, 0.2) is 176 Å². The molecular formula is C49H36N2S. The van der Waals surface area contributed by atoms with Crippen LogP contribution in [0.1, 0.15) is 25.0 Å². The van der Waals surface area contributed by atoms with E-state index in [1.807, 2.05) is 17.4 Å². The van der Waals surface area contributed by atoms with Crippen molar-refractivity contribution in [2.75, 3.05) is 10.2 Å². The molecule has 0 unspecified atom stereocenters. The van der Waals surface area contributed by atoms with E-state index >= 15 is 0 Å². The van der Waals surface area contributed by atoms with Crippen molar-refractivity contribution in [2.24, 2.45) is 0 Å². The van der Waals surface area contributed by atoms with E-state index in [0.717, 1.165) is 22.7 Å². The van der Waals surface area contributed by atoms with Gasteiger partial charge in [-0.15, -0.1) is 11.3 Å². The molecule has 0 saturated heterocycles. The largest absolute Gasteiger partial charge is 0.356 e. The number of nitrogens with zero attached hydrogens (tertiary/aromatic N) is 1. The molecule has 248 valence electrons. The van der Waals surface area contributed by atoms with E-state index in [0.29, 0.717) is 0 Å². The van der Waals surface area contributed by atoms with Crippen molar-refractivity contribution in [1.29, 1.82) is 0 Å². The van der Waals surface area contributed by atoms with Crippen LogP contribution in [0.25, 0.3) is 53.2 Å². The average molecular weight is 685 g/mol. The molecule has 0 fully saturated rings. The summed E-state index contributed by atoms with van der Waals surface area (Å²) in [6.45, 7) is 4.72. The second-order valence-corrected chi connectivity index (χ2v) is 15.4. The Bertz CT molecular complexity index is 2790. The summed E-state index contributed by atoms with van der Waals surface area (Å²) in [6, 6.07) is 64.3. The van der Waals surface area contributed by atoms with E-state index in [9.17, 15) is 0 Å². The molecule has 1 aliphatic rings. The highest BCUT2D eigenvalue weighted by Crippen LogP contribution is 2.52. The second-order valence-electron chi connectivity index (χ2n) is 14.3. The minimum absolute atomic E-state index is 0.173. The Hall–Kier alpha value is -6.16. The van der Waals surface area contributed by atoms with Gasteiger partial charge >= 0.3 is 0 Å². The lowest BCUT2D eigenvalue weighted by Gasteiger charge is -2.29. The number of hydrogen-bond acceptors (Lipinski definition) is 3. The number of thiophene rings is 1. The van der Waals surface area contributed by atoms with Gasteiger partial charge in [0.05, 0.1) is 5.69 Å². The van der Waals surface area contributed by atoms with Crippen LogP contribution in [0, 0.1) is 0 Å². The van der Waals surface area contributed by atoms with Gasteiger partial charge in [-0.1, -0.05) is 117 Å². The number of anilines is 5. The molecule has 8 aromatic carbocycles. The van der Waals surface area contributed by atoms with Gasteiger partial charge in [-0.05, 0) is 112 Å². The maximum atomic E-state index is 3.61. The van der Waals surface area contributed by atoms with Crippen LogP contribution < -0.4 is 10.2 Å². The number of hydrogen-bond donors (Lipinski definition) is 1. The van der Waals surface area contributed by atoms with Crippen LogP contribution in [0.4, 0.5) is 28.4 Å². The Balaban J connectivity index is 1.07. The van der Waals surface area contributed by atoms with Gasteiger partial charge in [-0.3, -0.25) is 0 Å². The third-order valence-electron chi connectivity index (χ3n) is 10.8. The van der Waals surface area contributed by atoms with E-state index < -0.39 is 0 Å². The first kappa shape index (κ1) is 30.6. The van der Waals surface area contributed by atoms with Crippen molar-refractivity contribution in [3.63, 3.8) is 0 Å². The number of rotatable bonds is 6. The van der Waals surface area contributed by atoms with Crippen LogP contribution in [0.3, 0.4) is 0 Å². The molecule has 1 heterocycles. The van der Waals surface area contributed by atoms with Crippen molar-refractivity contribution in [2.45, 2.75) is 19.3 Å². The molecule has 2 nitrogen and oxygen atoms in total. The van der Waals surface area contributed by atoms with Crippen LogP contribution in [0.5, 0.6) is 0 Å². The molecular weight excluding hydrogens is 649 g/mol. The second kappa shape index (κ2) is 12.0. The lowest BCUT2D eigenvalue weighted by molar-refractivity contribution is 0.660. The maximum Gasteiger partial charge on any atom is 0.0540 e. The topological polar surface area (TPSA) is 15.3 Å². The molecule has 10 rings (SSSR count). The Morgan fingerprint density at radius 2 is 1.12 bits per heavy atom. The number of para-hydroxylation sites is 1. The first-order valence-electron chi connectivity index (χ1n) is 17.9. The molecule has 0 amide bonds. The summed E-state index contributed by atoms with van der Waals surface area (Å²) in [5.41, 5.74) is 13.2. The van der Waals surface area contributed by atoms with Crippen molar-refractivity contribution >= 4 is 70.7 Å². The number of fused-ring (bicyclic) bond motifs is 7. The SMILES string of the molecule is CC1(C)c2cc(Nc3ccccc3)ccc2-c2ccc(N(c3ccc(-c4ccc5sc6ccccc6c5c4)cc3)c3cccc4ccccc34)cc21. The summed E-state index contributed by atoms with van der Waals surface area (Å²) < 4.78 is 2.66. The maximum absolute atomic E-state index is 3.61. The lowest BCUT2D eigenvalue weighted by Crippen LogP contribution is -2.17.